The van der Waals surface area contributed by atoms with E-state index in [4.69, 9.17) is 4.74 Å². The Morgan fingerprint density at radius 3 is 2.43 bits per heavy atom. The molecule has 1 heterocycles. The number of amides is 2. The van der Waals surface area contributed by atoms with Crippen molar-refractivity contribution in [2.75, 3.05) is 25.1 Å². The minimum absolute atomic E-state index is 0.0135. The van der Waals surface area contributed by atoms with E-state index in [0.29, 0.717) is 13.1 Å². The van der Waals surface area contributed by atoms with Crippen LogP contribution in [0.1, 0.15) is 19.8 Å². The number of piperazine rings is 1. The van der Waals surface area contributed by atoms with E-state index in [1.807, 2.05) is 31.2 Å². The van der Waals surface area contributed by atoms with Gasteiger partial charge in [-0.2, -0.15) is 0 Å². The van der Waals surface area contributed by atoms with Gasteiger partial charge in [-0.3, -0.25) is 9.59 Å². The number of carbonyl (C=O) groups is 2. The van der Waals surface area contributed by atoms with Gasteiger partial charge >= 0.3 is 0 Å². The summed E-state index contributed by atoms with van der Waals surface area (Å²) in [5, 5.41) is 0. The third-order valence-electron chi connectivity index (χ3n) is 4.25. The van der Waals surface area contributed by atoms with E-state index in [1.54, 1.807) is 16.9 Å². The normalized spacial score (nSPS) is 22.4. The highest BCUT2D eigenvalue weighted by Gasteiger charge is 2.40. The quantitative estimate of drug-likeness (QED) is 0.850. The Balaban J connectivity index is 1.74. The molecule has 1 aromatic carbocycles. The average Bonchev–Trinajstić information content (AvgIpc) is 3.34. The van der Waals surface area contributed by atoms with Crippen LogP contribution in [0.4, 0.5) is 5.69 Å². The molecule has 0 bridgehead atoms. The van der Waals surface area contributed by atoms with Crippen molar-refractivity contribution in [2.24, 2.45) is 5.92 Å². The van der Waals surface area contributed by atoms with Crippen LogP contribution < -0.4 is 9.64 Å². The maximum absolute atomic E-state index is 12.5. The molecule has 21 heavy (non-hydrogen) atoms. The molecule has 1 atom stereocenters. The predicted octanol–water partition coefficient (Wildman–Crippen LogP) is 1.67. The summed E-state index contributed by atoms with van der Waals surface area (Å²) in [5.74, 6) is 1.06. The Labute approximate surface area is 124 Å². The van der Waals surface area contributed by atoms with Crippen molar-refractivity contribution in [1.29, 1.82) is 0 Å². The molecule has 2 aliphatic rings. The van der Waals surface area contributed by atoms with Gasteiger partial charge in [0.25, 0.3) is 0 Å². The number of ether oxygens (including phenoxy) is 1. The van der Waals surface area contributed by atoms with Gasteiger partial charge in [0, 0.05) is 24.7 Å². The minimum atomic E-state index is -0.381. The zero-order valence-electron chi connectivity index (χ0n) is 12.4. The summed E-state index contributed by atoms with van der Waals surface area (Å²) in [6, 6.07) is 7.06. The summed E-state index contributed by atoms with van der Waals surface area (Å²) in [6.45, 7) is 2.97. The molecule has 0 spiro atoms. The van der Waals surface area contributed by atoms with Gasteiger partial charge in [0.1, 0.15) is 11.8 Å². The summed E-state index contributed by atoms with van der Waals surface area (Å²) in [5.41, 5.74) is 0.853. The standard InChI is InChI=1S/C16H20N2O3/c1-11-15(19)18(13-5-7-14(21-2)8-6-13)10-9-17(11)16(20)12-3-4-12/h5-8,11-12H,3-4,9-10H2,1-2H3. The number of benzene rings is 1. The summed E-state index contributed by atoms with van der Waals surface area (Å²) >= 11 is 0. The first-order valence-corrected chi connectivity index (χ1v) is 7.37. The Kier molecular flexibility index (Phi) is 3.57. The van der Waals surface area contributed by atoms with Crippen LogP contribution in [-0.4, -0.2) is 43.0 Å². The molecule has 2 amide bonds. The number of hydrogen-bond donors (Lipinski definition) is 0. The van der Waals surface area contributed by atoms with Gasteiger partial charge in [0.2, 0.25) is 11.8 Å². The SMILES string of the molecule is COc1ccc(N2CCN(C(=O)C3CC3)C(C)C2=O)cc1. The van der Waals surface area contributed by atoms with Crippen LogP contribution in [0.3, 0.4) is 0 Å². The van der Waals surface area contributed by atoms with Crippen LogP contribution in [0.25, 0.3) is 0 Å². The third-order valence-corrected chi connectivity index (χ3v) is 4.25. The number of hydrogen-bond acceptors (Lipinski definition) is 3. The fraction of sp³-hybridized carbons (Fsp3) is 0.500. The number of rotatable bonds is 3. The average molecular weight is 288 g/mol. The van der Waals surface area contributed by atoms with Crippen molar-refractivity contribution in [3.05, 3.63) is 24.3 Å². The van der Waals surface area contributed by atoms with Gasteiger partial charge in [-0.05, 0) is 44.0 Å². The molecule has 1 saturated heterocycles. The van der Waals surface area contributed by atoms with E-state index < -0.39 is 0 Å². The van der Waals surface area contributed by atoms with Gasteiger partial charge in [-0.15, -0.1) is 0 Å². The van der Waals surface area contributed by atoms with E-state index in [2.05, 4.69) is 0 Å². The van der Waals surface area contributed by atoms with Crippen molar-refractivity contribution in [1.82, 2.24) is 4.90 Å². The lowest BCUT2D eigenvalue weighted by Crippen LogP contribution is -2.58. The summed E-state index contributed by atoms with van der Waals surface area (Å²) < 4.78 is 5.13. The van der Waals surface area contributed by atoms with Crippen molar-refractivity contribution < 1.29 is 14.3 Å². The molecule has 0 radical (unpaired) electrons. The van der Waals surface area contributed by atoms with Crippen molar-refractivity contribution >= 4 is 17.5 Å². The van der Waals surface area contributed by atoms with Crippen LogP contribution in [0.2, 0.25) is 0 Å². The lowest BCUT2D eigenvalue weighted by atomic mass is 10.1. The first kappa shape index (κ1) is 13.9. The molecule has 1 aliphatic heterocycles. The molecule has 3 rings (SSSR count). The lowest BCUT2D eigenvalue weighted by Gasteiger charge is -2.39. The second-order valence-corrected chi connectivity index (χ2v) is 5.67. The number of nitrogens with zero attached hydrogens (tertiary/aromatic N) is 2. The zero-order valence-corrected chi connectivity index (χ0v) is 12.4. The van der Waals surface area contributed by atoms with Gasteiger partial charge in [0.05, 0.1) is 7.11 Å². The zero-order chi connectivity index (χ0) is 15.0. The molecular formula is C16H20N2O3. The van der Waals surface area contributed by atoms with Crippen molar-refractivity contribution in [3.63, 3.8) is 0 Å². The highest BCUT2D eigenvalue weighted by atomic mass is 16.5. The summed E-state index contributed by atoms with van der Waals surface area (Å²) in [7, 11) is 1.62. The molecule has 1 aliphatic carbocycles. The second-order valence-electron chi connectivity index (χ2n) is 5.67. The largest absolute Gasteiger partial charge is 0.497 e. The van der Waals surface area contributed by atoms with E-state index >= 15 is 0 Å². The molecule has 0 N–H and O–H groups in total. The molecule has 5 heteroatoms. The monoisotopic (exact) mass is 288 g/mol. The Bertz CT molecular complexity index is 551. The van der Waals surface area contributed by atoms with Gasteiger partial charge in [0.15, 0.2) is 0 Å². The molecule has 1 saturated carbocycles. The third kappa shape index (κ3) is 2.60. The molecule has 1 aromatic rings. The van der Waals surface area contributed by atoms with E-state index in [-0.39, 0.29) is 23.8 Å². The van der Waals surface area contributed by atoms with Gasteiger partial charge in [-0.1, -0.05) is 0 Å². The van der Waals surface area contributed by atoms with Crippen LogP contribution >= 0.6 is 0 Å². The van der Waals surface area contributed by atoms with Crippen LogP contribution in [0.15, 0.2) is 24.3 Å². The molecule has 0 aromatic heterocycles. The highest BCUT2D eigenvalue weighted by Crippen LogP contribution is 2.33. The first-order chi connectivity index (χ1) is 10.1. The maximum Gasteiger partial charge on any atom is 0.249 e. The van der Waals surface area contributed by atoms with E-state index in [9.17, 15) is 9.59 Å². The summed E-state index contributed by atoms with van der Waals surface area (Å²) in [4.78, 5) is 28.2. The van der Waals surface area contributed by atoms with E-state index in [1.165, 1.54) is 0 Å². The van der Waals surface area contributed by atoms with Crippen LogP contribution in [0.5, 0.6) is 5.75 Å². The molecule has 1 unspecified atom stereocenters. The van der Waals surface area contributed by atoms with Gasteiger partial charge < -0.3 is 14.5 Å². The minimum Gasteiger partial charge on any atom is -0.497 e. The topological polar surface area (TPSA) is 49.9 Å². The Morgan fingerprint density at radius 1 is 1.19 bits per heavy atom. The lowest BCUT2D eigenvalue weighted by molar-refractivity contribution is -0.141. The molecule has 2 fully saturated rings. The number of anilines is 1. The van der Waals surface area contributed by atoms with Crippen LogP contribution in [-0.2, 0) is 9.59 Å². The highest BCUT2D eigenvalue weighted by molar-refractivity contribution is 6.00. The fourth-order valence-electron chi connectivity index (χ4n) is 2.75. The predicted molar refractivity (Wildman–Crippen MR) is 79.2 cm³/mol. The maximum atomic E-state index is 12.5. The number of methoxy groups -OCH3 is 1. The van der Waals surface area contributed by atoms with Crippen molar-refractivity contribution in [2.45, 2.75) is 25.8 Å². The van der Waals surface area contributed by atoms with E-state index in [0.717, 1.165) is 24.3 Å². The van der Waals surface area contributed by atoms with Gasteiger partial charge in [-0.25, -0.2) is 0 Å². The Hall–Kier alpha value is -2.04. The molecule has 112 valence electrons. The van der Waals surface area contributed by atoms with Crippen molar-refractivity contribution in [3.8, 4) is 5.75 Å². The molecule has 5 nitrogen and oxygen atoms in total. The molecular weight excluding hydrogens is 268 g/mol. The Morgan fingerprint density at radius 2 is 1.86 bits per heavy atom. The van der Waals surface area contributed by atoms with Crippen LogP contribution in [0, 0.1) is 5.92 Å². The fourth-order valence-corrected chi connectivity index (χ4v) is 2.75. The number of carbonyl (C=O) groups excluding carboxylic acids is 2. The summed E-state index contributed by atoms with van der Waals surface area (Å²) in [6.07, 6.45) is 1.94. The smallest absolute Gasteiger partial charge is 0.249 e. The first-order valence-electron chi connectivity index (χ1n) is 7.37. The second kappa shape index (κ2) is 5.39.